The van der Waals surface area contributed by atoms with Crippen molar-refractivity contribution in [1.29, 1.82) is 0 Å². The molecular formula is C10H14BrN3O2. The van der Waals surface area contributed by atoms with E-state index in [0.717, 1.165) is 10.0 Å². The Morgan fingerprint density at radius 1 is 1.69 bits per heavy atom. The van der Waals surface area contributed by atoms with Crippen molar-refractivity contribution in [3.63, 3.8) is 0 Å². The summed E-state index contributed by atoms with van der Waals surface area (Å²) in [4.78, 5) is 15.2. The van der Waals surface area contributed by atoms with Crippen LogP contribution in [0.5, 0.6) is 0 Å². The van der Waals surface area contributed by atoms with Crippen molar-refractivity contribution in [2.75, 3.05) is 24.2 Å². The lowest BCUT2D eigenvalue weighted by Gasteiger charge is -2.10. The number of ether oxygens (including phenoxy) is 1. The van der Waals surface area contributed by atoms with E-state index in [2.05, 4.69) is 26.2 Å². The molecule has 0 saturated heterocycles. The summed E-state index contributed by atoms with van der Waals surface area (Å²) in [5.74, 6) is 0.269. The molecule has 16 heavy (non-hydrogen) atoms. The van der Waals surface area contributed by atoms with Crippen LogP contribution in [0.3, 0.4) is 0 Å². The first kappa shape index (κ1) is 12.8. The molecular weight excluding hydrogens is 274 g/mol. The van der Waals surface area contributed by atoms with Gasteiger partial charge in [0.25, 0.3) is 0 Å². The van der Waals surface area contributed by atoms with Gasteiger partial charge in [-0.25, -0.2) is 4.98 Å². The summed E-state index contributed by atoms with van der Waals surface area (Å²) in [5, 5.41) is 2.88. The maximum Gasteiger partial charge on any atom is 0.325 e. The van der Waals surface area contributed by atoms with E-state index in [1.807, 2.05) is 6.92 Å². The molecule has 0 bridgehead atoms. The van der Waals surface area contributed by atoms with Gasteiger partial charge in [-0.2, -0.15) is 0 Å². The third kappa shape index (κ3) is 3.10. The summed E-state index contributed by atoms with van der Waals surface area (Å²) >= 11 is 3.36. The minimum Gasteiger partial charge on any atom is -0.465 e. The summed E-state index contributed by atoms with van der Waals surface area (Å²) in [7, 11) is 0. The van der Waals surface area contributed by atoms with E-state index in [1.165, 1.54) is 0 Å². The predicted octanol–water partition coefficient (Wildman–Crippen LogP) is 1.71. The van der Waals surface area contributed by atoms with Gasteiger partial charge in [-0.1, -0.05) is 0 Å². The van der Waals surface area contributed by atoms with Gasteiger partial charge in [-0.05, 0) is 35.3 Å². The van der Waals surface area contributed by atoms with Gasteiger partial charge in [0.15, 0.2) is 0 Å². The summed E-state index contributed by atoms with van der Waals surface area (Å²) in [6.45, 7) is 4.09. The molecule has 1 aromatic heterocycles. The molecule has 0 saturated carbocycles. The molecule has 0 radical (unpaired) electrons. The topological polar surface area (TPSA) is 77.2 Å². The summed E-state index contributed by atoms with van der Waals surface area (Å²) in [6, 6.07) is 0. The van der Waals surface area contributed by atoms with E-state index in [9.17, 15) is 4.79 Å². The standard InChI is InChI=1S/C10H14BrN3O2/c1-3-16-8(15)5-14-10-9(11)6(2)7(12)4-13-10/h4H,3,5,12H2,1-2H3,(H,13,14). The largest absolute Gasteiger partial charge is 0.465 e. The van der Waals surface area contributed by atoms with Crippen LogP contribution in [0.25, 0.3) is 0 Å². The molecule has 6 heteroatoms. The number of esters is 1. The number of halogens is 1. The van der Waals surface area contributed by atoms with Crippen molar-refractivity contribution in [2.45, 2.75) is 13.8 Å². The zero-order chi connectivity index (χ0) is 12.1. The number of anilines is 2. The van der Waals surface area contributed by atoms with Gasteiger partial charge in [-0.15, -0.1) is 0 Å². The van der Waals surface area contributed by atoms with Gasteiger partial charge >= 0.3 is 5.97 Å². The minimum atomic E-state index is -0.314. The average molecular weight is 288 g/mol. The maximum absolute atomic E-state index is 11.1. The van der Waals surface area contributed by atoms with Crippen molar-refractivity contribution < 1.29 is 9.53 Å². The van der Waals surface area contributed by atoms with Crippen LogP contribution in [0.4, 0.5) is 11.5 Å². The molecule has 0 aromatic carbocycles. The van der Waals surface area contributed by atoms with Crippen LogP contribution in [-0.2, 0) is 9.53 Å². The fourth-order valence-corrected chi connectivity index (χ4v) is 1.55. The predicted molar refractivity (Wildman–Crippen MR) is 66.2 cm³/mol. The monoisotopic (exact) mass is 287 g/mol. The van der Waals surface area contributed by atoms with Crippen LogP contribution < -0.4 is 11.1 Å². The van der Waals surface area contributed by atoms with Crippen molar-refractivity contribution in [3.05, 3.63) is 16.2 Å². The van der Waals surface area contributed by atoms with Gasteiger partial charge in [0, 0.05) is 0 Å². The van der Waals surface area contributed by atoms with E-state index < -0.39 is 0 Å². The van der Waals surface area contributed by atoms with Crippen molar-refractivity contribution >= 4 is 33.4 Å². The number of pyridine rings is 1. The Morgan fingerprint density at radius 2 is 2.38 bits per heavy atom. The molecule has 0 amide bonds. The maximum atomic E-state index is 11.1. The molecule has 0 spiro atoms. The fourth-order valence-electron chi connectivity index (χ4n) is 1.08. The highest BCUT2D eigenvalue weighted by molar-refractivity contribution is 9.10. The van der Waals surface area contributed by atoms with E-state index in [4.69, 9.17) is 10.5 Å². The molecule has 0 aliphatic heterocycles. The number of nitrogen functional groups attached to an aromatic ring is 1. The second-order valence-corrected chi connectivity index (χ2v) is 3.95. The molecule has 0 atom stereocenters. The fraction of sp³-hybridized carbons (Fsp3) is 0.400. The normalized spacial score (nSPS) is 9.94. The average Bonchev–Trinajstić information content (AvgIpc) is 2.25. The summed E-state index contributed by atoms with van der Waals surface area (Å²) in [6.07, 6.45) is 1.55. The van der Waals surface area contributed by atoms with Gasteiger partial charge in [0.2, 0.25) is 0 Å². The van der Waals surface area contributed by atoms with Crippen LogP contribution in [0, 0.1) is 6.92 Å². The highest BCUT2D eigenvalue weighted by Crippen LogP contribution is 2.27. The molecule has 1 rings (SSSR count). The first-order valence-corrected chi connectivity index (χ1v) is 5.65. The second-order valence-electron chi connectivity index (χ2n) is 3.16. The van der Waals surface area contributed by atoms with Crippen LogP contribution in [-0.4, -0.2) is 24.1 Å². The van der Waals surface area contributed by atoms with Crippen molar-refractivity contribution in [2.24, 2.45) is 0 Å². The van der Waals surface area contributed by atoms with Crippen molar-refractivity contribution in [3.8, 4) is 0 Å². The SMILES string of the molecule is CCOC(=O)CNc1ncc(N)c(C)c1Br. The number of hydrogen-bond donors (Lipinski definition) is 2. The zero-order valence-corrected chi connectivity index (χ0v) is 10.8. The van der Waals surface area contributed by atoms with Crippen molar-refractivity contribution in [1.82, 2.24) is 4.98 Å². The van der Waals surface area contributed by atoms with E-state index in [-0.39, 0.29) is 12.5 Å². The van der Waals surface area contributed by atoms with Crippen LogP contribution in [0.1, 0.15) is 12.5 Å². The zero-order valence-electron chi connectivity index (χ0n) is 9.21. The van der Waals surface area contributed by atoms with Gasteiger partial charge in [0.05, 0.1) is 23.0 Å². The highest BCUT2D eigenvalue weighted by atomic mass is 79.9. The summed E-state index contributed by atoms with van der Waals surface area (Å²) in [5.41, 5.74) is 7.18. The van der Waals surface area contributed by atoms with E-state index >= 15 is 0 Å². The number of hydrogen-bond acceptors (Lipinski definition) is 5. The Labute approximate surface area is 103 Å². The Kier molecular flexibility index (Phi) is 4.54. The van der Waals surface area contributed by atoms with Gasteiger partial charge < -0.3 is 15.8 Å². The van der Waals surface area contributed by atoms with Crippen LogP contribution >= 0.6 is 15.9 Å². The third-order valence-electron chi connectivity index (χ3n) is 2.01. The lowest BCUT2D eigenvalue weighted by molar-refractivity contribution is -0.140. The van der Waals surface area contributed by atoms with Crippen LogP contribution in [0.15, 0.2) is 10.7 Å². The first-order chi connectivity index (χ1) is 7.56. The number of nitrogens with zero attached hydrogens (tertiary/aromatic N) is 1. The third-order valence-corrected chi connectivity index (χ3v) is 2.98. The van der Waals surface area contributed by atoms with Crippen LogP contribution in [0.2, 0.25) is 0 Å². The lowest BCUT2D eigenvalue weighted by Crippen LogP contribution is -2.17. The molecule has 1 heterocycles. The summed E-state index contributed by atoms with van der Waals surface area (Å²) < 4.78 is 5.55. The number of rotatable bonds is 4. The number of aromatic nitrogens is 1. The number of nitrogens with one attached hydrogen (secondary N) is 1. The molecule has 0 fully saturated rings. The lowest BCUT2D eigenvalue weighted by atomic mass is 10.2. The Bertz CT molecular complexity index is 396. The number of nitrogens with two attached hydrogens (primary N) is 1. The van der Waals surface area contributed by atoms with Gasteiger partial charge in [0.1, 0.15) is 12.4 Å². The van der Waals surface area contributed by atoms with Gasteiger partial charge in [-0.3, -0.25) is 4.79 Å². The highest BCUT2D eigenvalue weighted by Gasteiger charge is 2.08. The Morgan fingerprint density at radius 3 is 3.00 bits per heavy atom. The molecule has 0 aliphatic rings. The Hall–Kier alpha value is -1.30. The molecule has 1 aromatic rings. The first-order valence-electron chi connectivity index (χ1n) is 4.86. The molecule has 5 nitrogen and oxygen atoms in total. The Balaban J connectivity index is 2.68. The number of carbonyl (C=O) groups excluding carboxylic acids is 1. The van der Waals surface area contributed by atoms with E-state index in [1.54, 1.807) is 13.1 Å². The molecule has 88 valence electrons. The minimum absolute atomic E-state index is 0.0861. The molecule has 0 aliphatic carbocycles. The quantitative estimate of drug-likeness (QED) is 0.825. The molecule has 0 unspecified atom stereocenters. The van der Waals surface area contributed by atoms with E-state index in [0.29, 0.717) is 18.1 Å². The second kappa shape index (κ2) is 5.69. The molecule has 3 N–H and O–H groups in total. The number of carbonyl (C=O) groups is 1. The smallest absolute Gasteiger partial charge is 0.325 e.